The Morgan fingerprint density at radius 3 is 2.32 bits per heavy atom. The molecule has 0 N–H and O–H groups in total. The lowest BCUT2D eigenvalue weighted by Gasteiger charge is -2.12. The average Bonchev–Trinajstić information content (AvgIpc) is 2.99. The van der Waals surface area contributed by atoms with Crippen molar-refractivity contribution < 1.29 is 13.2 Å². The van der Waals surface area contributed by atoms with Crippen molar-refractivity contribution in [2.75, 3.05) is 0 Å². The van der Waals surface area contributed by atoms with Crippen molar-refractivity contribution in [2.45, 2.75) is 12.8 Å². The molecule has 0 aliphatic heterocycles. The van der Waals surface area contributed by atoms with Crippen LogP contribution in [0.5, 0.6) is 0 Å². The molecule has 25 heavy (non-hydrogen) atoms. The van der Waals surface area contributed by atoms with Crippen LogP contribution in [0, 0.1) is 0 Å². The maximum Gasteiger partial charge on any atom is 0.271 e. The minimum Gasteiger partial charge on any atom is -0.455 e. The fraction of sp³-hybridized carbons (Fsp3) is 0.0909. The Kier molecular flexibility index (Phi) is 3.65. The normalized spacial score (nSPS) is 12.4. The number of furan rings is 1. The van der Waals surface area contributed by atoms with Crippen LogP contribution in [0.2, 0.25) is 0 Å². The van der Waals surface area contributed by atoms with Crippen molar-refractivity contribution in [2.24, 2.45) is 0 Å². The van der Waals surface area contributed by atoms with E-state index in [0.29, 0.717) is 21.9 Å². The van der Waals surface area contributed by atoms with Gasteiger partial charge in [-0.25, -0.2) is 8.78 Å². The van der Waals surface area contributed by atoms with E-state index in [1.807, 2.05) is 60.7 Å². The Balaban J connectivity index is 1.97. The number of rotatable bonds is 3. The molecule has 0 spiro atoms. The molecule has 3 aromatic carbocycles. The zero-order valence-corrected chi connectivity index (χ0v) is 13.7. The Hall–Kier alpha value is -2.94. The molecule has 0 bridgehead atoms. The highest BCUT2D eigenvalue weighted by Gasteiger charge is 2.29. The second-order valence-electron chi connectivity index (χ2n) is 6.14. The number of hydrogen-bond donors (Lipinski definition) is 0. The first kappa shape index (κ1) is 15.6. The van der Waals surface area contributed by atoms with Crippen LogP contribution in [0.1, 0.15) is 23.6 Å². The first-order valence-corrected chi connectivity index (χ1v) is 8.10. The van der Waals surface area contributed by atoms with Gasteiger partial charge in [0.25, 0.3) is 5.92 Å². The molecule has 0 saturated carbocycles. The molecule has 124 valence electrons. The van der Waals surface area contributed by atoms with Crippen LogP contribution >= 0.6 is 0 Å². The van der Waals surface area contributed by atoms with Gasteiger partial charge < -0.3 is 4.42 Å². The van der Waals surface area contributed by atoms with Crippen LogP contribution in [-0.2, 0) is 5.92 Å². The molecule has 0 aliphatic carbocycles. The van der Waals surface area contributed by atoms with Crippen LogP contribution in [0.15, 0.2) is 71.1 Å². The standard InChI is InChI=1S/C22H16F2O/c1-22(23,24)18-14-13-16(12-11-15-7-3-2-4-8-15)21-20(18)17-9-5-6-10-19(17)25-21/h2-14H,1H3/b12-11+. The Morgan fingerprint density at radius 2 is 1.56 bits per heavy atom. The molecule has 0 saturated heterocycles. The van der Waals surface area contributed by atoms with E-state index in [-0.39, 0.29) is 5.56 Å². The predicted molar refractivity (Wildman–Crippen MR) is 98.7 cm³/mol. The topological polar surface area (TPSA) is 13.1 Å². The minimum absolute atomic E-state index is 0.00990. The van der Waals surface area contributed by atoms with Crippen molar-refractivity contribution in [3.63, 3.8) is 0 Å². The van der Waals surface area contributed by atoms with E-state index in [1.54, 1.807) is 12.1 Å². The fourth-order valence-electron chi connectivity index (χ4n) is 3.10. The van der Waals surface area contributed by atoms with Gasteiger partial charge in [-0.15, -0.1) is 0 Å². The molecule has 0 radical (unpaired) electrons. The highest BCUT2D eigenvalue weighted by atomic mass is 19.3. The molecule has 3 heteroatoms. The molecular formula is C22H16F2O. The van der Waals surface area contributed by atoms with E-state index in [0.717, 1.165) is 18.1 Å². The van der Waals surface area contributed by atoms with Crippen LogP contribution in [0.4, 0.5) is 8.78 Å². The lowest BCUT2D eigenvalue weighted by molar-refractivity contribution is 0.0191. The van der Waals surface area contributed by atoms with E-state index in [4.69, 9.17) is 4.42 Å². The summed E-state index contributed by atoms with van der Waals surface area (Å²) in [5.74, 6) is -2.94. The summed E-state index contributed by atoms with van der Waals surface area (Å²) in [4.78, 5) is 0. The second-order valence-corrected chi connectivity index (χ2v) is 6.14. The summed E-state index contributed by atoms with van der Waals surface area (Å²) in [6, 6.07) is 20.3. The molecule has 4 aromatic rings. The smallest absolute Gasteiger partial charge is 0.271 e. The summed E-state index contributed by atoms with van der Waals surface area (Å²) in [6.45, 7) is 0.920. The average molecular weight is 334 g/mol. The summed E-state index contributed by atoms with van der Waals surface area (Å²) in [5, 5.41) is 1.20. The third kappa shape index (κ3) is 2.82. The van der Waals surface area contributed by atoms with Gasteiger partial charge in [-0.05, 0) is 11.6 Å². The maximum atomic E-state index is 14.1. The highest BCUT2D eigenvalue weighted by molar-refractivity contribution is 6.09. The quantitative estimate of drug-likeness (QED) is 0.373. The SMILES string of the molecule is CC(F)(F)c1ccc(/C=C/c2ccccc2)c2oc3ccccc3c12. The van der Waals surface area contributed by atoms with Gasteiger partial charge in [-0.2, -0.15) is 0 Å². The number of hydrogen-bond acceptors (Lipinski definition) is 1. The van der Waals surface area contributed by atoms with Gasteiger partial charge in [0.1, 0.15) is 11.2 Å². The minimum atomic E-state index is -2.94. The second kappa shape index (κ2) is 5.85. The largest absolute Gasteiger partial charge is 0.455 e. The maximum absolute atomic E-state index is 14.1. The molecule has 0 atom stereocenters. The van der Waals surface area contributed by atoms with E-state index in [9.17, 15) is 8.78 Å². The zero-order valence-electron chi connectivity index (χ0n) is 13.7. The summed E-state index contributed by atoms with van der Waals surface area (Å²) in [5.41, 5.74) is 2.92. The van der Waals surface area contributed by atoms with Gasteiger partial charge in [-0.3, -0.25) is 0 Å². The molecule has 1 aromatic heterocycles. The number of benzene rings is 3. The van der Waals surface area contributed by atoms with Gasteiger partial charge >= 0.3 is 0 Å². The monoisotopic (exact) mass is 334 g/mol. The van der Waals surface area contributed by atoms with E-state index in [2.05, 4.69) is 0 Å². The number of halogens is 2. The molecule has 1 nitrogen and oxygen atoms in total. The summed E-state index contributed by atoms with van der Waals surface area (Å²) in [7, 11) is 0. The van der Waals surface area contributed by atoms with Crippen LogP contribution in [0.3, 0.4) is 0 Å². The summed E-state index contributed by atoms with van der Waals surface area (Å²) >= 11 is 0. The Morgan fingerprint density at radius 1 is 0.840 bits per heavy atom. The van der Waals surface area contributed by atoms with Crippen LogP contribution in [0.25, 0.3) is 34.1 Å². The van der Waals surface area contributed by atoms with Crippen molar-refractivity contribution in [3.05, 3.63) is 83.4 Å². The number of fused-ring (bicyclic) bond motifs is 3. The van der Waals surface area contributed by atoms with Gasteiger partial charge in [-0.1, -0.05) is 72.8 Å². The predicted octanol–water partition coefficient (Wildman–Crippen LogP) is 6.87. The van der Waals surface area contributed by atoms with Crippen molar-refractivity contribution in [1.29, 1.82) is 0 Å². The van der Waals surface area contributed by atoms with Crippen LogP contribution in [-0.4, -0.2) is 0 Å². The van der Waals surface area contributed by atoms with Crippen molar-refractivity contribution in [3.8, 4) is 0 Å². The number of para-hydroxylation sites is 1. The van der Waals surface area contributed by atoms with Gasteiger partial charge in [0.2, 0.25) is 0 Å². The highest BCUT2D eigenvalue weighted by Crippen LogP contribution is 2.40. The molecule has 0 fully saturated rings. The molecule has 4 rings (SSSR count). The van der Waals surface area contributed by atoms with Crippen LogP contribution < -0.4 is 0 Å². The molecular weight excluding hydrogens is 318 g/mol. The lowest BCUT2D eigenvalue weighted by Crippen LogP contribution is -2.07. The first-order chi connectivity index (χ1) is 12.0. The van der Waals surface area contributed by atoms with E-state index < -0.39 is 5.92 Å². The van der Waals surface area contributed by atoms with Gasteiger partial charge in [0, 0.05) is 28.8 Å². The third-order valence-electron chi connectivity index (χ3n) is 4.28. The summed E-state index contributed by atoms with van der Waals surface area (Å²) < 4.78 is 34.1. The van der Waals surface area contributed by atoms with Crippen molar-refractivity contribution in [1.82, 2.24) is 0 Å². The number of alkyl halides is 2. The first-order valence-electron chi connectivity index (χ1n) is 8.10. The van der Waals surface area contributed by atoms with E-state index in [1.165, 1.54) is 6.07 Å². The van der Waals surface area contributed by atoms with Gasteiger partial charge in [0.05, 0.1) is 0 Å². The molecule has 1 heterocycles. The van der Waals surface area contributed by atoms with Crippen molar-refractivity contribution >= 4 is 34.1 Å². The third-order valence-corrected chi connectivity index (χ3v) is 4.28. The zero-order chi connectivity index (χ0) is 17.4. The molecule has 0 amide bonds. The fourth-order valence-corrected chi connectivity index (χ4v) is 3.10. The van der Waals surface area contributed by atoms with Gasteiger partial charge in [0.15, 0.2) is 0 Å². The summed E-state index contributed by atoms with van der Waals surface area (Å²) in [6.07, 6.45) is 3.85. The molecule has 0 aliphatic rings. The Bertz CT molecular complexity index is 1070. The Labute approximate surface area is 144 Å². The lowest BCUT2D eigenvalue weighted by atomic mass is 9.98. The van der Waals surface area contributed by atoms with E-state index >= 15 is 0 Å². The molecule has 0 unspecified atom stereocenters.